The van der Waals surface area contributed by atoms with Gasteiger partial charge in [-0.15, -0.1) is 0 Å². The molecule has 0 unspecified atom stereocenters. The summed E-state index contributed by atoms with van der Waals surface area (Å²) in [4.78, 5) is 12.4. The molecule has 0 aliphatic heterocycles. The van der Waals surface area contributed by atoms with E-state index >= 15 is 0 Å². The summed E-state index contributed by atoms with van der Waals surface area (Å²) in [5.41, 5.74) is 7.19. The van der Waals surface area contributed by atoms with Crippen molar-refractivity contribution < 1.29 is 4.74 Å². The lowest BCUT2D eigenvalue weighted by Crippen LogP contribution is -2.06. The maximum Gasteiger partial charge on any atom is 0.232 e. The molecule has 0 aromatic carbocycles. The zero-order valence-electron chi connectivity index (χ0n) is 9.41. The number of ether oxygens (including phenoxy) is 1. The van der Waals surface area contributed by atoms with Gasteiger partial charge in [0.15, 0.2) is 0 Å². The summed E-state index contributed by atoms with van der Waals surface area (Å²) >= 11 is 0. The van der Waals surface area contributed by atoms with E-state index in [4.69, 9.17) is 10.5 Å². The molecule has 5 nitrogen and oxygen atoms in total. The van der Waals surface area contributed by atoms with Gasteiger partial charge in [-0.05, 0) is 12.1 Å². The van der Waals surface area contributed by atoms with E-state index in [1.807, 2.05) is 18.2 Å². The largest absolute Gasteiger partial charge is 0.476 e. The van der Waals surface area contributed by atoms with Crippen molar-refractivity contribution in [2.24, 2.45) is 5.73 Å². The fraction of sp³-hybridized carbons (Fsp3) is 0.250. The second kappa shape index (κ2) is 5.91. The number of hydrogen-bond acceptors (Lipinski definition) is 5. The van der Waals surface area contributed by atoms with Gasteiger partial charge in [0.05, 0.1) is 18.5 Å². The smallest absolute Gasteiger partial charge is 0.232 e. The molecular formula is C12H14N4O. The molecular weight excluding hydrogens is 216 g/mol. The molecule has 0 aliphatic rings. The lowest BCUT2D eigenvalue weighted by molar-refractivity contribution is 0.306. The Labute approximate surface area is 99.7 Å². The van der Waals surface area contributed by atoms with Crippen LogP contribution in [-0.4, -0.2) is 21.6 Å². The first kappa shape index (κ1) is 11.5. The predicted molar refractivity (Wildman–Crippen MR) is 63.4 cm³/mol. The molecule has 0 atom stereocenters. The minimum absolute atomic E-state index is 0.366. The third kappa shape index (κ3) is 3.49. The lowest BCUT2D eigenvalue weighted by Gasteiger charge is -2.05. The number of nitrogens with two attached hydrogens (primary N) is 1. The molecule has 2 N–H and O–H groups in total. The quantitative estimate of drug-likeness (QED) is 0.827. The minimum Gasteiger partial charge on any atom is -0.476 e. The molecule has 0 saturated heterocycles. The second-order valence-electron chi connectivity index (χ2n) is 3.47. The van der Waals surface area contributed by atoms with Crippen molar-refractivity contribution in [3.05, 3.63) is 48.2 Å². The van der Waals surface area contributed by atoms with E-state index in [1.54, 1.807) is 18.6 Å². The fourth-order valence-corrected chi connectivity index (χ4v) is 1.36. The summed E-state index contributed by atoms with van der Waals surface area (Å²) in [7, 11) is 0. The maximum absolute atomic E-state index is 5.48. The zero-order valence-corrected chi connectivity index (χ0v) is 9.41. The summed E-state index contributed by atoms with van der Waals surface area (Å²) < 4.78 is 5.48. The van der Waals surface area contributed by atoms with Crippen LogP contribution in [0, 0.1) is 0 Å². The van der Waals surface area contributed by atoms with Crippen molar-refractivity contribution in [3.63, 3.8) is 0 Å². The van der Waals surface area contributed by atoms with Gasteiger partial charge in [0.25, 0.3) is 0 Å². The first-order chi connectivity index (χ1) is 8.38. The lowest BCUT2D eigenvalue weighted by atomic mass is 10.3. The highest BCUT2D eigenvalue weighted by molar-refractivity contribution is 5.08. The topological polar surface area (TPSA) is 73.9 Å². The van der Waals surface area contributed by atoms with Crippen molar-refractivity contribution in [2.75, 3.05) is 6.61 Å². The number of pyridine rings is 1. The van der Waals surface area contributed by atoms with Gasteiger partial charge in [-0.3, -0.25) is 9.97 Å². The van der Waals surface area contributed by atoms with E-state index in [0.717, 1.165) is 17.8 Å². The van der Waals surface area contributed by atoms with Crippen molar-refractivity contribution in [1.29, 1.82) is 0 Å². The Kier molecular flexibility index (Phi) is 3.99. The molecule has 0 saturated carbocycles. The highest BCUT2D eigenvalue weighted by Crippen LogP contribution is 2.05. The fourth-order valence-electron chi connectivity index (χ4n) is 1.36. The van der Waals surface area contributed by atoms with Gasteiger partial charge in [-0.1, -0.05) is 6.07 Å². The Morgan fingerprint density at radius 1 is 1.18 bits per heavy atom. The first-order valence-corrected chi connectivity index (χ1v) is 5.42. The van der Waals surface area contributed by atoms with Gasteiger partial charge in [0.1, 0.15) is 0 Å². The van der Waals surface area contributed by atoms with E-state index in [0.29, 0.717) is 19.0 Å². The summed E-state index contributed by atoms with van der Waals surface area (Å²) in [5, 5.41) is 0. The van der Waals surface area contributed by atoms with Crippen molar-refractivity contribution >= 4 is 0 Å². The van der Waals surface area contributed by atoms with Crippen LogP contribution in [0.2, 0.25) is 0 Å². The van der Waals surface area contributed by atoms with E-state index in [9.17, 15) is 0 Å². The Hall–Kier alpha value is -2.01. The number of nitrogens with zero attached hydrogens (tertiary/aromatic N) is 3. The van der Waals surface area contributed by atoms with Crippen LogP contribution in [0.5, 0.6) is 5.88 Å². The first-order valence-electron chi connectivity index (χ1n) is 5.42. The number of hydrogen-bond donors (Lipinski definition) is 1. The summed E-state index contributed by atoms with van der Waals surface area (Å²) in [5.74, 6) is 0.504. The van der Waals surface area contributed by atoms with Gasteiger partial charge in [0.2, 0.25) is 5.88 Å². The van der Waals surface area contributed by atoms with E-state index in [1.165, 1.54) is 0 Å². The van der Waals surface area contributed by atoms with E-state index < -0.39 is 0 Å². The molecule has 5 heteroatoms. The highest BCUT2D eigenvalue weighted by Gasteiger charge is 1.99. The third-order valence-corrected chi connectivity index (χ3v) is 2.21. The standard InChI is InChI=1S/C12H14N4O/c13-7-11-8-14-9-12(16-11)17-6-4-10-3-1-2-5-15-10/h1-3,5,8-9H,4,6-7,13H2. The Balaban J connectivity index is 1.86. The van der Waals surface area contributed by atoms with Crippen LogP contribution in [0.3, 0.4) is 0 Å². The summed E-state index contributed by atoms with van der Waals surface area (Å²) in [6.45, 7) is 0.893. The monoisotopic (exact) mass is 230 g/mol. The molecule has 2 aromatic rings. The number of aromatic nitrogens is 3. The molecule has 0 spiro atoms. The molecule has 0 fully saturated rings. The van der Waals surface area contributed by atoms with Crippen LogP contribution in [0.4, 0.5) is 0 Å². The average Bonchev–Trinajstić information content (AvgIpc) is 2.40. The van der Waals surface area contributed by atoms with Crippen LogP contribution < -0.4 is 10.5 Å². The van der Waals surface area contributed by atoms with E-state index in [-0.39, 0.29) is 0 Å². The normalized spacial score (nSPS) is 10.2. The Morgan fingerprint density at radius 2 is 2.12 bits per heavy atom. The van der Waals surface area contributed by atoms with Crippen LogP contribution in [0.15, 0.2) is 36.8 Å². The average molecular weight is 230 g/mol. The van der Waals surface area contributed by atoms with Crippen molar-refractivity contribution in [2.45, 2.75) is 13.0 Å². The maximum atomic E-state index is 5.48. The van der Waals surface area contributed by atoms with Crippen LogP contribution >= 0.6 is 0 Å². The zero-order chi connectivity index (χ0) is 11.9. The molecule has 0 amide bonds. The van der Waals surface area contributed by atoms with Crippen molar-refractivity contribution in [1.82, 2.24) is 15.0 Å². The summed E-state index contributed by atoms with van der Waals surface area (Å²) in [6.07, 6.45) is 5.72. The predicted octanol–water partition coefficient (Wildman–Crippen LogP) is 0.952. The molecule has 0 aliphatic carbocycles. The van der Waals surface area contributed by atoms with Gasteiger partial charge in [0, 0.05) is 31.1 Å². The van der Waals surface area contributed by atoms with Crippen LogP contribution in [0.1, 0.15) is 11.4 Å². The number of rotatable bonds is 5. The molecule has 0 bridgehead atoms. The minimum atomic E-state index is 0.366. The van der Waals surface area contributed by atoms with Gasteiger partial charge < -0.3 is 10.5 Å². The Morgan fingerprint density at radius 3 is 2.88 bits per heavy atom. The van der Waals surface area contributed by atoms with Gasteiger partial charge >= 0.3 is 0 Å². The molecule has 0 radical (unpaired) electrons. The molecule has 2 rings (SSSR count). The van der Waals surface area contributed by atoms with Crippen LogP contribution in [-0.2, 0) is 13.0 Å². The highest BCUT2D eigenvalue weighted by atomic mass is 16.5. The molecule has 2 heterocycles. The molecule has 88 valence electrons. The van der Waals surface area contributed by atoms with Gasteiger partial charge in [-0.25, -0.2) is 4.98 Å². The molecule has 17 heavy (non-hydrogen) atoms. The Bertz CT molecular complexity index is 461. The van der Waals surface area contributed by atoms with E-state index in [2.05, 4.69) is 15.0 Å². The van der Waals surface area contributed by atoms with Crippen molar-refractivity contribution in [3.8, 4) is 5.88 Å². The SMILES string of the molecule is NCc1cncc(OCCc2ccccn2)n1. The second-order valence-corrected chi connectivity index (χ2v) is 3.47. The summed E-state index contributed by atoms with van der Waals surface area (Å²) in [6, 6.07) is 5.81. The van der Waals surface area contributed by atoms with Gasteiger partial charge in [-0.2, -0.15) is 0 Å². The van der Waals surface area contributed by atoms with Crippen LogP contribution in [0.25, 0.3) is 0 Å². The molecule has 2 aromatic heterocycles. The third-order valence-electron chi connectivity index (χ3n) is 2.21.